The number of nitrogens with one attached hydrogen (secondary N) is 1. The molecule has 9 nitrogen and oxygen atoms in total. The van der Waals surface area contributed by atoms with E-state index in [0.29, 0.717) is 18.2 Å². The second-order valence-corrected chi connectivity index (χ2v) is 8.18. The van der Waals surface area contributed by atoms with Crippen LogP contribution in [0, 0.1) is 0 Å². The summed E-state index contributed by atoms with van der Waals surface area (Å²) in [5, 5.41) is 2.70. The molecule has 0 spiro atoms. The average molecular weight is 434 g/mol. The molecule has 1 aromatic carbocycles. The van der Waals surface area contributed by atoms with Crippen LogP contribution in [0.4, 0.5) is 0 Å². The fraction of sp³-hybridized carbons (Fsp3) is 0.357. The monoisotopic (exact) mass is 434 g/mol. The van der Waals surface area contributed by atoms with E-state index in [1.165, 1.54) is 6.07 Å². The normalized spacial score (nSPS) is 11.5. The predicted octanol–water partition coefficient (Wildman–Crippen LogP) is -5.29. The summed E-state index contributed by atoms with van der Waals surface area (Å²) in [7, 11) is -10.1. The summed E-state index contributed by atoms with van der Waals surface area (Å²) in [6, 6.07) is 3.51. The number of nitrogens with zero attached hydrogens (tertiary/aromatic N) is 1. The molecule has 138 valence electrons. The summed E-state index contributed by atoms with van der Waals surface area (Å²) in [6.07, 6.45) is 3.30. The van der Waals surface area contributed by atoms with Crippen LogP contribution in [0.5, 0.6) is 0 Å². The molecule has 0 fully saturated rings. The van der Waals surface area contributed by atoms with Crippen molar-refractivity contribution in [3.05, 3.63) is 40.3 Å². The number of aromatic amines is 1. The van der Waals surface area contributed by atoms with Crippen molar-refractivity contribution in [3.63, 3.8) is 0 Å². The van der Waals surface area contributed by atoms with Crippen molar-refractivity contribution in [3.8, 4) is 5.69 Å². The molecule has 0 atom stereocenters. The molecule has 1 N–H and O–H groups in total. The Labute approximate surface area is 201 Å². The molecule has 0 aliphatic rings. The van der Waals surface area contributed by atoms with Crippen LogP contribution >= 0.6 is 0 Å². The molecule has 2 aromatic rings. The van der Waals surface area contributed by atoms with E-state index in [9.17, 15) is 30.7 Å². The number of unbranched alkanes of at least 4 members (excludes halogenated alkanes) is 2. The van der Waals surface area contributed by atoms with E-state index in [2.05, 4.69) is 5.10 Å². The van der Waals surface area contributed by atoms with Gasteiger partial charge in [0.15, 0.2) is 0 Å². The first-order valence-corrected chi connectivity index (χ1v) is 10.2. The maximum atomic E-state index is 12.1. The summed E-state index contributed by atoms with van der Waals surface area (Å²) in [5.74, 6) is 0. The minimum Gasteiger partial charge on any atom is -0.744 e. The Morgan fingerprint density at radius 2 is 1.63 bits per heavy atom. The van der Waals surface area contributed by atoms with Gasteiger partial charge in [-0.2, -0.15) is 0 Å². The van der Waals surface area contributed by atoms with Crippen molar-refractivity contribution in [1.29, 1.82) is 0 Å². The van der Waals surface area contributed by atoms with Crippen molar-refractivity contribution in [2.24, 2.45) is 0 Å². The number of benzene rings is 1. The van der Waals surface area contributed by atoms with E-state index in [1.807, 2.05) is 6.92 Å². The summed E-state index contributed by atoms with van der Waals surface area (Å²) in [6.45, 7) is 2.02. The Kier molecular flexibility index (Phi) is 10.7. The molecule has 2 rings (SSSR count). The number of aryl methyl sites for hydroxylation is 1. The third-order valence-electron chi connectivity index (χ3n) is 3.55. The first kappa shape index (κ1) is 27.0. The molecule has 0 unspecified atom stereocenters. The molecule has 0 amide bonds. The third-order valence-corrected chi connectivity index (χ3v) is 5.25. The maximum Gasteiger partial charge on any atom is 1.00 e. The van der Waals surface area contributed by atoms with E-state index in [4.69, 9.17) is 0 Å². The standard InChI is InChI=1S/C14H18N2O7S2.2Na/c1-2-3-4-5-10-8-14(17)16(15-10)12-7-6-11(24(18,19)20)9-13(12)25(21,22)23;;/h6-9,15H,2-5H2,1H3,(H,18,19,20)(H,21,22,23);;/q;2*+1/p-2. The molecule has 1 heterocycles. The Morgan fingerprint density at radius 1 is 1.00 bits per heavy atom. The number of rotatable bonds is 7. The van der Waals surface area contributed by atoms with Crippen molar-refractivity contribution in [2.75, 3.05) is 0 Å². The Hall–Kier alpha value is 0.0500. The molecular formula is C14H16N2Na2O7S2. The van der Waals surface area contributed by atoms with Gasteiger partial charge in [0.05, 0.1) is 15.5 Å². The van der Waals surface area contributed by atoms with Crippen LogP contribution in [-0.2, 0) is 26.7 Å². The second kappa shape index (κ2) is 10.7. The Balaban J connectivity index is 0.00000338. The molecule has 0 aliphatic heterocycles. The quantitative estimate of drug-likeness (QED) is 0.260. The van der Waals surface area contributed by atoms with Crippen LogP contribution in [0.2, 0.25) is 0 Å². The van der Waals surface area contributed by atoms with Crippen LogP contribution < -0.4 is 64.7 Å². The van der Waals surface area contributed by atoms with Gasteiger partial charge < -0.3 is 9.11 Å². The fourth-order valence-electron chi connectivity index (χ4n) is 2.35. The van der Waals surface area contributed by atoms with Crippen LogP contribution in [0.1, 0.15) is 31.9 Å². The van der Waals surface area contributed by atoms with Gasteiger partial charge in [0, 0.05) is 11.8 Å². The zero-order valence-electron chi connectivity index (χ0n) is 15.3. The van der Waals surface area contributed by atoms with Gasteiger partial charge in [0.25, 0.3) is 5.56 Å². The van der Waals surface area contributed by atoms with Crippen LogP contribution in [0.25, 0.3) is 5.69 Å². The van der Waals surface area contributed by atoms with E-state index < -0.39 is 35.6 Å². The molecule has 0 bridgehead atoms. The van der Waals surface area contributed by atoms with Gasteiger partial charge >= 0.3 is 59.1 Å². The third kappa shape index (κ3) is 7.11. The van der Waals surface area contributed by atoms with Gasteiger partial charge in [0.1, 0.15) is 20.2 Å². The van der Waals surface area contributed by atoms with E-state index >= 15 is 0 Å². The van der Waals surface area contributed by atoms with E-state index in [-0.39, 0.29) is 64.8 Å². The van der Waals surface area contributed by atoms with Gasteiger partial charge in [-0.1, -0.05) is 19.8 Å². The maximum absolute atomic E-state index is 12.1. The molecule has 27 heavy (non-hydrogen) atoms. The number of hydrogen-bond acceptors (Lipinski definition) is 7. The largest absolute Gasteiger partial charge is 1.00 e. The first-order chi connectivity index (χ1) is 11.5. The number of hydrogen-bond donors (Lipinski definition) is 1. The molecule has 0 saturated carbocycles. The SMILES string of the molecule is CCCCCc1cc(=O)n(-c2ccc(S(=O)(=O)[O-])cc2S(=O)(=O)[O-])[nH]1.[Na+].[Na+]. The summed E-state index contributed by atoms with van der Waals surface area (Å²) < 4.78 is 68.3. The summed E-state index contributed by atoms with van der Waals surface area (Å²) in [4.78, 5) is 10.3. The number of aromatic nitrogens is 2. The van der Waals surface area contributed by atoms with Crippen molar-refractivity contribution in [1.82, 2.24) is 9.78 Å². The van der Waals surface area contributed by atoms with Gasteiger partial charge in [-0.15, -0.1) is 0 Å². The molecule has 0 saturated heterocycles. The van der Waals surface area contributed by atoms with Crippen LogP contribution in [0.15, 0.2) is 38.9 Å². The van der Waals surface area contributed by atoms with E-state index in [0.717, 1.165) is 36.1 Å². The zero-order valence-corrected chi connectivity index (χ0v) is 20.9. The van der Waals surface area contributed by atoms with E-state index in [1.54, 1.807) is 0 Å². The summed E-state index contributed by atoms with van der Waals surface area (Å²) in [5.41, 5.74) is -0.392. The first-order valence-electron chi connectivity index (χ1n) is 7.41. The minimum atomic E-state index is -5.13. The van der Waals surface area contributed by atoms with Crippen LogP contribution in [0.3, 0.4) is 0 Å². The van der Waals surface area contributed by atoms with Gasteiger partial charge in [-0.25, -0.2) is 21.5 Å². The van der Waals surface area contributed by atoms with Gasteiger partial charge in [0.2, 0.25) is 0 Å². The summed E-state index contributed by atoms with van der Waals surface area (Å²) >= 11 is 0. The topological polar surface area (TPSA) is 152 Å². The average Bonchev–Trinajstić information content (AvgIpc) is 2.86. The predicted molar refractivity (Wildman–Crippen MR) is 85.5 cm³/mol. The Morgan fingerprint density at radius 3 is 2.15 bits per heavy atom. The van der Waals surface area contributed by atoms with Crippen molar-refractivity contribution >= 4 is 20.2 Å². The Bertz CT molecular complexity index is 1040. The number of H-pyrrole nitrogens is 1. The molecular weight excluding hydrogens is 418 g/mol. The van der Waals surface area contributed by atoms with Crippen molar-refractivity contribution in [2.45, 2.75) is 42.4 Å². The molecule has 0 radical (unpaired) electrons. The fourth-order valence-corrected chi connectivity index (χ4v) is 3.61. The zero-order chi connectivity index (χ0) is 18.8. The molecule has 13 heteroatoms. The van der Waals surface area contributed by atoms with Gasteiger partial charge in [-0.05, 0) is 31.0 Å². The van der Waals surface area contributed by atoms with Gasteiger partial charge in [-0.3, -0.25) is 9.89 Å². The second-order valence-electron chi connectivity index (χ2n) is 5.45. The molecule has 0 aliphatic carbocycles. The molecule has 1 aromatic heterocycles. The van der Waals surface area contributed by atoms with Crippen molar-refractivity contribution < 1.29 is 85.1 Å². The minimum absolute atomic E-state index is 0. The van der Waals surface area contributed by atoms with Crippen LogP contribution in [-0.4, -0.2) is 35.7 Å². The smallest absolute Gasteiger partial charge is 0.744 e.